The Bertz CT molecular complexity index is 474. The average molecular weight is 255 g/mol. The topological polar surface area (TPSA) is 45.2 Å². The number of carbonyl (C=O) groups is 1. The van der Waals surface area contributed by atoms with Crippen molar-refractivity contribution in [2.75, 3.05) is 5.01 Å². The van der Waals surface area contributed by atoms with Crippen LogP contribution < -0.4 is 10.4 Å². The van der Waals surface area contributed by atoms with Crippen LogP contribution in [-0.4, -0.2) is 10.9 Å². The van der Waals surface area contributed by atoms with Crippen LogP contribution in [-0.2, 0) is 4.79 Å². The molecule has 1 aromatic heterocycles. The lowest BCUT2D eigenvalue weighted by molar-refractivity contribution is -0.121. The molecule has 4 heteroatoms. The molecule has 0 saturated heterocycles. The predicted octanol–water partition coefficient (Wildman–Crippen LogP) is 3.05. The zero-order valence-corrected chi connectivity index (χ0v) is 10.9. The van der Waals surface area contributed by atoms with Crippen LogP contribution in [0.1, 0.15) is 19.8 Å². The Kier molecular flexibility index (Phi) is 4.50. The predicted molar refractivity (Wildman–Crippen MR) is 75.9 cm³/mol. The zero-order valence-electron chi connectivity index (χ0n) is 10.9. The van der Waals surface area contributed by atoms with Gasteiger partial charge in [-0.2, -0.15) is 0 Å². The molecule has 0 radical (unpaired) electrons. The highest BCUT2D eigenvalue weighted by molar-refractivity contribution is 5.79. The Morgan fingerprint density at radius 3 is 2.53 bits per heavy atom. The molecule has 2 rings (SSSR count). The highest BCUT2D eigenvalue weighted by Crippen LogP contribution is 2.20. The molecular formula is C15H17N3O. The van der Waals surface area contributed by atoms with Crippen molar-refractivity contribution in [1.82, 2.24) is 10.4 Å². The molecule has 1 amide bonds. The molecule has 0 fully saturated rings. The van der Waals surface area contributed by atoms with E-state index >= 15 is 0 Å². The van der Waals surface area contributed by atoms with Crippen LogP contribution in [0.2, 0.25) is 0 Å². The van der Waals surface area contributed by atoms with Gasteiger partial charge in [0.05, 0.1) is 5.69 Å². The van der Waals surface area contributed by atoms with E-state index in [1.54, 1.807) is 11.2 Å². The van der Waals surface area contributed by atoms with Crippen LogP contribution in [0.4, 0.5) is 11.5 Å². The minimum atomic E-state index is -0.0167. The number of hydrogen-bond donors (Lipinski definition) is 1. The van der Waals surface area contributed by atoms with E-state index in [9.17, 15) is 4.79 Å². The van der Waals surface area contributed by atoms with Crippen molar-refractivity contribution in [3.05, 3.63) is 54.7 Å². The number of nitrogens with one attached hydrogen (secondary N) is 1. The quantitative estimate of drug-likeness (QED) is 0.835. The largest absolute Gasteiger partial charge is 0.273 e. The molecule has 0 spiro atoms. The molecular weight excluding hydrogens is 238 g/mol. The zero-order chi connectivity index (χ0) is 13.5. The van der Waals surface area contributed by atoms with Gasteiger partial charge < -0.3 is 0 Å². The lowest BCUT2D eigenvalue weighted by atomic mass is 10.3. The van der Waals surface area contributed by atoms with Crippen LogP contribution in [0.3, 0.4) is 0 Å². The number of carbonyl (C=O) groups excluding carboxylic acids is 1. The summed E-state index contributed by atoms with van der Waals surface area (Å²) in [6, 6.07) is 15.3. The maximum Gasteiger partial charge on any atom is 0.238 e. The van der Waals surface area contributed by atoms with E-state index in [1.807, 2.05) is 55.5 Å². The number of para-hydroxylation sites is 1. The van der Waals surface area contributed by atoms with E-state index in [1.165, 1.54) is 0 Å². The van der Waals surface area contributed by atoms with Gasteiger partial charge in [-0.3, -0.25) is 10.2 Å². The Morgan fingerprint density at radius 1 is 1.16 bits per heavy atom. The fraction of sp³-hybridized carbons (Fsp3) is 0.200. The number of hydrazine groups is 1. The van der Waals surface area contributed by atoms with Gasteiger partial charge in [-0.15, -0.1) is 0 Å². The first-order valence-electron chi connectivity index (χ1n) is 6.37. The first-order valence-corrected chi connectivity index (χ1v) is 6.37. The molecule has 19 heavy (non-hydrogen) atoms. The SMILES string of the molecule is CCCC(=O)NN(c1ccccc1)c1ccccn1. The lowest BCUT2D eigenvalue weighted by Crippen LogP contribution is -2.39. The summed E-state index contributed by atoms with van der Waals surface area (Å²) in [4.78, 5) is 16.1. The number of benzene rings is 1. The van der Waals surface area contributed by atoms with Crippen LogP contribution in [0.15, 0.2) is 54.7 Å². The van der Waals surface area contributed by atoms with Gasteiger partial charge in [-0.1, -0.05) is 31.2 Å². The Hall–Kier alpha value is -2.36. The van der Waals surface area contributed by atoms with E-state index < -0.39 is 0 Å². The normalized spacial score (nSPS) is 9.95. The summed E-state index contributed by atoms with van der Waals surface area (Å²) in [7, 11) is 0. The second kappa shape index (κ2) is 6.54. The molecule has 0 saturated carbocycles. The van der Waals surface area contributed by atoms with Crippen molar-refractivity contribution < 1.29 is 4.79 Å². The molecule has 0 unspecified atom stereocenters. The highest BCUT2D eigenvalue weighted by Gasteiger charge is 2.12. The number of aromatic nitrogens is 1. The van der Waals surface area contributed by atoms with Gasteiger partial charge in [-0.05, 0) is 30.7 Å². The molecule has 1 aromatic carbocycles. The van der Waals surface area contributed by atoms with E-state index in [0.717, 1.165) is 12.1 Å². The summed E-state index contributed by atoms with van der Waals surface area (Å²) in [6.07, 6.45) is 3.02. The summed E-state index contributed by atoms with van der Waals surface area (Å²) < 4.78 is 0. The summed E-state index contributed by atoms with van der Waals surface area (Å²) in [6.45, 7) is 1.98. The molecule has 4 nitrogen and oxygen atoms in total. The van der Waals surface area contributed by atoms with Crippen LogP contribution in [0.5, 0.6) is 0 Å². The van der Waals surface area contributed by atoms with E-state index in [2.05, 4.69) is 10.4 Å². The van der Waals surface area contributed by atoms with Gasteiger partial charge in [0.25, 0.3) is 0 Å². The monoisotopic (exact) mass is 255 g/mol. The standard InChI is InChI=1S/C15H17N3O/c1-2-8-15(19)17-18(13-9-4-3-5-10-13)14-11-6-7-12-16-14/h3-7,9-12H,2,8H2,1H3,(H,17,19). The van der Waals surface area contributed by atoms with E-state index in [4.69, 9.17) is 0 Å². The third kappa shape index (κ3) is 3.55. The molecule has 98 valence electrons. The number of hydrogen-bond acceptors (Lipinski definition) is 3. The Morgan fingerprint density at radius 2 is 1.89 bits per heavy atom. The van der Waals surface area contributed by atoms with Gasteiger partial charge in [0.2, 0.25) is 5.91 Å². The van der Waals surface area contributed by atoms with Gasteiger partial charge >= 0.3 is 0 Å². The molecule has 0 atom stereocenters. The Labute approximate surface area is 113 Å². The van der Waals surface area contributed by atoms with Crippen LogP contribution in [0.25, 0.3) is 0 Å². The fourth-order valence-corrected chi connectivity index (χ4v) is 1.72. The number of pyridine rings is 1. The molecule has 1 N–H and O–H groups in total. The average Bonchev–Trinajstić information content (AvgIpc) is 2.47. The highest BCUT2D eigenvalue weighted by atomic mass is 16.2. The second-order valence-corrected chi connectivity index (χ2v) is 4.14. The molecule has 2 aromatic rings. The number of nitrogens with zero attached hydrogens (tertiary/aromatic N) is 2. The van der Waals surface area contributed by atoms with Gasteiger partial charge in [0, 0.05) is 12.6 Å². The second-order valence-electron chi connectivity index (χ2n) is 4.14. The summed E-state index contributed by atoms with van der Waals surface area (Å²) in [5.74, 6) is 0.676. The smallest absolute Gasteiger partial charge is 0.238 e. The lowest BCUT2D eigenvalue weighted by Gasteiger charge is -2.24. The van der Waals surface area contributed by atoms with Crippen molar-refractivity contribution in [1.29, 1.82) is 0 Å². The number of amides is 1. The van der Waals surface area contributed by atoms with Gasteiger partial charge in [0.1, 0.15) is 0 Å². The summed E-state index contributed by atoms with van der Waals surface area (Å²) in [5, 5.41) is 1.71. The molecule has 0 aliphatic carbocycles. The third-order valence-electron chi connectivity index (χ3n) is 2.61. The van der Waals surface area contributed by atoms with Crippen molar-refractivity contribution in [2.24, 2.45) is 0 Å². The summed E-state index contributed by atoms with van der Waals surface area (Å²) >= 11 is 0. The summed E-state index contributed by atoms with van der Waals surface area (Å²) in [5.41, 5.74) is 3.76. The molecule has 0 aliphatic heterocycles. The van der Waals surface area contributed by atoms with Crippen molar-refractivity contribution >= 4 is 17.4 Å². The minimum Gasteiger partial charge on any atom is -0.273 e. The van der Waals surface area contributed by atoms with Gasteiger partial charge in [0.15, 0.2) is 5.82 Å². The van der Waals surface area contributed by atoms with Crippen molar-refractivity contribution in [3.63, 3.8) is 0 Å². The van der Waals surface area contributed by atoms with Crippen molar-refractivity contribution in [3.8, 4) is 0 Å². The fourth-order valence-electron chi connectivity index (χ4n) is 1.72. The van der Waals surface area contributed by atoms with Gasteiger partial charge in [-0.25, -0.2) is 9.99 Å². The maximum absolute atomic E-state index is 11.8. The molecule has 0 bridgehead atoms. The maximum atomic E-state index is 11.8. The van der Waals surface area contributed by atoms with Crippen LogP contribution >= 0.6 is 0 Å². The Balaban J connectivity index is 2.26. The first kappa shape index (κ1) is 13.1. The molecule has 1 heterocycles. The molecule has 0 aliphatic rings. The number of rotatable bonds is 5. The van der Waals surface area contributed by atoms with Crippen molar-refractivity contribution in [2.45, 2.75) is 19.8 Å². The first-order chi connectivity index (χ1) is 9.31. The third-order valence-corrected chi connectivity index (χ3v) is 2.61. The van der Waals surface area contributed by atoms with E-state index in [-0.39, 0.29) is 5.91 Å². The number of anilines is 2. The minimum absolute atomic E-state index is 0.0167. The van der Waals surface area contributed by atoms with Crippen LogP contribution in [0, 0.1) is 0 Å². The van der Waals surface area contributed by atoms with E-state index in [0.29, 0.717) is 12.2 Å².